The molecule has 1 fully saturated rings. The molecule has 2 aromatic rings. The van der Waals surface area contributed by atoms with E-state index in [0.29, 0.717) is 6.42 Å². The zero-order valence-corrected chi connectivity index (χ0v) is 10.1. The second kappa shape index (κ2) is 3.99. The third-order valence-electron chi connectivity index (χ3n) is 3.86. The lowest BCUT2D eigenvalue weighted by Gasteiger charge is -2.13. The first kappa shape index (κ1) is 11.0. The Labute approximate surface area is 106 Å². The molecule has 0 atom stereocenters. The summed E-state index contributed by atoms with van der Waals surface area (Å²) in [4.78, 5) is 11.1. The minimum Gasteiger partial charge on any atom is -0.346 e. The van der Waals surface area contributed by atoms with Crippen molar-refractivity contribution in [2.24, 2.45) is 5.41 Å². The average molecular weight is 238 g/mol. The number of para-hydroxylation sites is 1. The first-order valence-corrected chi connectivity index (χ1v) is 6.18. The van der Waals surface area contributed by atoms with Gasteiger partial charge in [-0.15, -0.1) is 0 Å². The highest BCUT2D eigenvalue weighted by atomic mass is 16.1. The predicted molar refractivity (Wildman–Crippen MR) is 69.2 cm³/mol. The Kier molecular flexibility index (Phi) is 2.45. The second-order valence-electron chi connectivity index (χ2n) is 5.18. The standard InChI is InChI=1S/C15H14N2O/c16-8-7-15(5-6-15)11-17-9-12(10-18)13-3-1-2-4-14(13)17/h1-4,9-10H,5-7,11H2. The Morgan fingerprint density at radius 3 is 2.83 bits per heavy atom. The molecule has 1 heterocycles. The summed E-state index contributed by atoms with van der Waals surface area (Å²) in [6.45, 7) is 0.842. The topological polar surface area (TPSA) is 45.8 Å². The van der Waals surface area contributed by atoms with Gasteiger partial charge in [0, 0.05) is 41.0 Å². The molecule has 3 heteroatoms. The van der Waals surface area contributed by atoms with Crippen molar-refractivity contribution in [1.29, 1.82) is 5.26 Å². The van der Waals surface area contributed by atoms with Crippen molar-refractivity contribution < 1.29 is 4.79 Å². The first-order chi connectivity index (χ1) is 8.78. The molecule has 3 rings (SSSR count). The van der Waals surface area contributed by atoms with Gasteiger partial charge < -0.3 is 4.57 Å². The summed E-state index contributed by atoms with van der Waals surface area (Å²) in [6.07, 6.45) is 5.65. The lowest BCUT2D eigenvalue weighted by atomic mass is 10.0. The molecule has 3 nitrogen and oxygen atoms in total. The molecule has 0 spiro atoms. The third-order valence-corrected chi connectivity index (χ3v) is 3.86. The molecule has 1 aliphatic carbocycles. The van der Waals surface area contributed by atoms with E-state index in [1.165, 1.54) is 0 Å². The van der Waals surface area contributed by atoms with Crippen LogP contribution in [0.15, 0.2) is 30.5 Å². The van der Waals surface area contributed by atoms with Crippen LogP contribution in [-0.4, -0.2) is 10.9 Å². The van der Waals surface area contributed by atoms with Crippen LogP contribution in [0.1, 0.15) is 29.6 Å². The monoisotopic (exact) mass is 238 g/mol. The summed E-state index contributed by atoms with van der Waals surface area (Å²) in [5.41, 5.74) is 1.97. The van der Waals surface area contributed by atoms with Gasteiger partial charge in [0.05, 0.1) is 6.07 Å². The SMILES string of the molecule is N#CCC1(Cn2cc(C=O)c3ccccc32)CC1. The van der Waals surface area contributed by atoms with E-state index >= 15 is 0 Å². The summed E-state index contributed by atoms with van der Waals surface area (Å²) in [6, 6.07) is 10.2. The highest BCUT2D eigenvalue weighted by Gasteiger charge is 2.42. The molecule has 0 amide bonds. The van der Waals surface area contributed by atoms with Crippen LogP contribution in [0.3, 0.4) is 0 Å². The van der Waals surface area contributed by atoms with Crippen LogP contribution in [-0.2, 0) is 6.54 Å². The zero-order valence-electron chi connectivity index (χ0n) is 10.1. The summed E-state index contributed by atoms with van der Waals surface area (Å²) in [5.74, 6) is 0. The number of hydrogen-bond donors (Lipinski definition) is 0. The largest absolute Gasteiger partial charge is 0.346 e. The van der Waals surface area contributed by atoms with E-state index in [1.54, 1.807) is 0 Å². The Hall–Kier alpha value is -2.08. The number of benzene rings is 1. The van der Waals surface area contributed by atoms with Crippen molar-refractivity contribution in [2.45, 2.75) is 25.8 Å². The minimum atomic E-state index is 0.149. The maximum Gasteiger partial charge on any atom is 0.152 e. The molecule has 0 radical (unpaired) electrons. The van der Waals surface area contributed by atoms with Gasteiger partial charge in [0.1, 0.15) is 0 Å². The van der Waals surface area contributed by atoms with Gasteiger partial charge in [-0.3, -0.25) is 4.79 Å². The van der Waals surface area contributed by atoms with Crippen LogP contribution >= 0.6 is 0 Å². The molecule has 0 aliphatic heterocycles. The van der Waals surface area contributed by atoms with Crippen molar-refractivity contribution in [2.75, 3.05) is 0 Å². The van der Waals surface area contributed by atoms with Gasteiger partial charge in [-0.2, -0.15) is 5.26 Å². The number of fused-ring (bicyclic) bond motifs is 1. The first-order valence-electron chi connectivity index (χ1n) is 6.18. The molecule has 0 unspecified atom stereocenters. The van der Waals surface area contributed by atoms with Crippen LogP contribution in [0.2, 0.25) is 0 Å². The lowest BCUT2D eigenvalue weighted by molar-refractivity contribution is 0.112. The molecule has 1 saturated carbocycles. The lowest BCUT2D eigenvalue weighted by Crippen LogP contribution is -2.10. The second-order valence-corrected chi connectivity index (χ2v) is 5.18. The van der Waals surface area contributed by atoms with Crippen LogP contribution < -0.4 is 0 Å². The van der Waals surface area contributed by atoms with Crippen LogP contribution in [0.4, 0.5) is 0 Å². The number of carbonyl (C=O) groups excluding carboxylic acids is 1. The summed E-state index contributed by atoms with van der Waals surface area (Å²) in [5, 5.41) is 9.87. The number of carbonyl (C=O) groups is 1. The highest BCUT2D eigenvalue weighted by Crippen LogP contribution is 2.50. The van der Waals surface area contributed by atoms with Gasteiger partial charge >= 0.3 is 0 Å². The smallest absolute Gasteiger partial charge is 0.152 e. The average Bonchev–Trinajstić information content (AvgIpc) is 3.05. The number of nitriles is 1. The molecular formula is C15H14N2O. The Balaban J connectivity index is 2.02. The van der Waals surface area contributed by atoms with E-state index in [9.17, 15) is 4.79 Å². The maximum atomic E-state index is 11.1. The van der Waals surface area contributed by atoms with E-state index in [0.717, 1.165) is 42.1 Å². The van der Waals surface area contributed by atoms with Gasteiger partial charge in [0.25, 0.3) is 0 Å². The van der Waals surface area contributed by atoms with E-state index in [2.05, 4.69) is 10.6 Å². The molecule has 1 aliphatic rings. The van der Waals surface area contributed by atoms with Gasteiger partial charge in [0.2, 0.25) is 0 Å². The van der Waals surface area contributed by atoms with Crippen LogP contribution in [0, 0.1) is 16.7 Å². The summed E-state index contributed by atoms with van der Waals surface area (Å²) >= 11 is 0. The van der Waals surface area contributed by atoms with Gasteiger partial charge in [-0.1, -0.05) is 18.2 Å². The zero-order chi connectivity index (χ0) is 12.6. The molecule has 1 aromatic heterocycles. The minimum absolute atomic E-state index is 0.149. The van der Waals surface area contributed by atoms with Gasteiger partial charge in [-0.05, 0) is 18.9 Å². The van der Waals surface area contributed by atoms with Crippen molar-refractivity contribution in [3.05, 3.63) is 36.0 Å². The molecule has 0 saturated heterocycles. The van der Waals surface area contributed by atoms with E-state index in [-0.39, 0.29) is 5.41 Å². The van der Waals surface area contributed by atoms with Crippen molar-refractivity contribution in [1.82, 2.24) is 4.57 Å². The number of hydrogen-bond acceptors (Lipinski definition) is 2. The normalized spacial score (nSPS) is 16.4. The predicted octanol–water partition coefficient (Wildman–Crippen LogP) is 3.15. The Bertz CT molecular complexity index is 644. The van der Waals surface area contributed by atoms with E-state index < -0.39 is 0 Å². The van der Waals surface area contributed by atoms with Crippen molar-refractivity contribution >= 4 is 17.2 Å². The number of rotatable bonds is 4. The van der Waals surface area contributed by atoms with E-state index in [1.807, 2.05) is 30.5 Å². The maximum absolute atomic E-state index is 11.1. The highest BCUT2D eigenvalue weighted by molar-refractivity contribution is 5.97. The number of aromatic nitrogens is 1. The van der Waals surface area contributed by atoms with Gasteiger partial charge in [0.15, 0.2) is 6.29 Å². The molecule has 90 valence electrons. The van der Waals surface area contributed by atoms with Crippen LogP contribution in [0.5, 0.6) is 0 Å². The summed E-state index contributed by atoms with van der Waals surface area (Å²) < 4.78 is 2.13. The Morgan fingerprint density at radius 1 is 1.39 bits per heavy atom. The fraction of sp³-hybridized carbons (Fsp3) is 0.333. The molecule has 0 N–H and O–H groups in total. The molecule has 0 bridgehead atoms. The van der Waals surface area contributed by atoms with E-state index in [4.69, 9.17) is 5.26 Å². The quantitative estimate of drug-likeness (QED) is 0.768. The van der Waals surface area contributed by atoms with Gasteiger partial charge in [-0.25, -0.2) is 0 Å². The molecule has 18 heavy (non-hydrogen) atoms. The number of aldehydes is 1. The molecule has 1 aromatic carbocycles. The Morgan fingerprint density at radius 2 is 2.17 bits per heavy atom. The third kappa shape index (κ3) is 1.70. The van der Waals surface area contributed by atoms with Crippen LogP contribution in [0.25, 0.3) is 10.9 Å². The molecular weight excluding hydrogens is 224 g/mol. The summed E-state index contributed by atoms with van der Waals surface area (Å²) in [7, 11) is 0. The fourth-order valence-corrected chi connectivity index (χ4v) is 2.60. The fourth-order valence-electron chi connectivity index (χ4n) is 2.60. The number of nitrogens with zero attached hydrogens (tertiary/aromatic N) is 2. The van der Waals surface area contributed by atoms with Crippen molar-refractivity contribution in [3.63, 3.8) is 0 Å². The van der Waals surface area contributed by atoms with Crippen molar-refractivity contribution in [3.8, 4) is 6.07 Å².